The molecule has 2 aromatic heterocycles. The van der Waals surface area contributed by atoms with E-state index in [-0.39, 0.29) is 35.4 Å². The third-order valence-corrected chi connectivity index (χ3v) is 5.87. The van der Waals surface area contributed by atoms with Crippen LogP contribution >= 0.6 is 0 Å². The lowest BCUT2D eigenvalue weighted by molar-refractivity contribution is -0.134. The Hall–Kier alpha value is -3.22. The molecule has 0 aliphatic carbocycles. The monoisotopic (exact) mass is 376 g/mol. The first-order valence-corrected chi connectivity index (χ1v) is 9.52. The van der Waals surface area contributed by atoms with Crippen molar-refractivity contribution in [3.63, 3.8) is 0 Å². The van der Waals surface area contributed by atoms with Crippen molar-refractivity contribution in [1.29, 1.82) is 0 Å². The lowest BCUT2D eigenvalue weighted by atomic mass is 9.83. The molecule has 1 amide bonds. The summed E-state index contributed by atoms with van der Waals surface area (Å²) >= 11 is 0. The highest BCUT2D eigenvalue weighted by molar-refractivity contribution is 5.79. The molecule has 3 aromatic rings. The van der Waals surface area contributed by atoms with Gasteiger partial charge in [-0.25, -0.2) is 4.98 Å². The highest BCUT2D eigenvalue weighted by atomic mass is 16.2. The molecular weight excluding hydrogens is 356 g/mol. The summed E-state index contributed by atoms with van der Waals surface area (Å²) in [5.74, 6) is 0.346. The van der Waals surface area contributed by atoms with Crippen molar-refractivity contribution in [2.75, 3.05) is 13.1 Å². The first kappa shape index (κ1) is 16.9. The molecule has 1 aromatic carbocycles. The summed E-state index contributed by atoms with van der Waals surface area (Å²) in [4.78, 5) is 43.9. The van der Waals surface area contributed by atoms with Gasteiger partial charge in [-0.1, -0.05) is 18.2 Å². The fourth-order valence-corrected chi connectivity index (χ4v) is 4.56. The molecule has 2 aliphatic heterocycles. The lowest BCUT2D eigenvalue weighted by Gasteiger charge is -2.42. The number of likely N-dealkylation sites (tertiary alicyclic amines) is 1. The zero-order valence-electron chi connectivity index (χ0n) is 15.3. The summed E-state index contributed by atoms with van der Waals surface area (Å²) < 4.78 is 3.23. The number of rotatable bonds is 2. The van der Waals surface area contributed by atoms with Crippen molar-refractivity contribution in [2.45, 2.75) is 25.4 Å². The summed E-state index contributed by atoms with van der Waals surface area (Å²) in [5, 5.41) is 0.515. The van der Waals surface area contributed by atoms with Crippen molar-refractivity contribution in [1.82, 2.24) is 19.0 Å². The van der Waals surface area contributed by atoms with E-state index in [1.165, 1.54) is 10.9 Å². The number of para-hydroxylation sites is 1. The maximum atomic E-state index is 12.9. The number of aromatic nitrogens is 3. The Labute approximate surface area is 160 Å². The molecule has 142 valence electrons. The highest BCUT2D eigenvalue weighted by Gasteiger charge is 2.36. The molecule has 1 unspecified atom stereocenters. The summed E-state index contributed by atoms with van der Waals surface area (Å²) in [6.07, 6.45) is 2.44. The smallest absolute Gasteiger partial charge is 0.261 e. The van der Waals surface area contributed by atoms with E-state index in [2.05, 4.69) is 4.98 Å². The van der Waals surface area contributed by atoms with E-state index in [4.69, 9.17) is 0 Å². The predicted octanol–water partition coefficient (Wildman–Crippen LogP) is 1.20. The van der Waals surface area contributed by atoms with Gasteiger partial charge in [0.1, 0.15) is 6.54 Å². The maximum absolute atomic E-state index is 12.9. The van der Waals surface area contributed by atoms with Gasteiger partial charge in [-0.15, -0.1) is 0 Å². The molecule has 2 bridgehead atoms. The SMILES string of the molecule is O=C(Cn1cnc2ccccc2c1=O)N1CC2C[C@H](C1)Cn1c2cccc1=O. The maximum Gasteiger partial charge on any atom is 0.261 e. The minimum atomic E-state index is -0.201. The third-order valence-electron chi connectivity index (χ3n) is 5.87. The number of hydrogen-bond acceptors (Lipinski definition) is 4. The fourth-order valence-electron chi connectivity index (χ4n) is 4.56. The second-order valence-corrected chi connectivity index (χ2v) is 7.69. The first-order valence-electron chi connectivity index (χ1n) is 9.52. The summed E-state index contributed by atoms with van der Waals surface area (Å²) in [7, 11) is 0. The van der Waals surface area contributed by atoms with Gasteiger partial charge in [0.15, 0.2) is 0 Å². The second-order valence-electron chi connectivity index (χ2n) is 7.69. The van der Waals surface area contributed by atoms with Gasteiger partial charge in [-0.2, -0.15) is 0 Å². The Kier molecular flexibility index (Phi) is 3.89. The van der Waals surface area contributed by atoms with Crippen LogP contribution in [0, 0.1) is 5.92 Å². The van der Waals surface area contributed by atoms with Gasteiger partial charge >= 0.3 is 0 Å². The molecule has 2 aliphatic rings. The Bertz CT molecular complexity index is 1200. The van der Waals surface area contributed by atoms with E-state index in [0.29, 0.717) is 30.5 Å². The first-order chi connectivity index (χ1) is 13.6. The normalized spacial score (nSPS) is 20.8. The Balaban J connectivity index is 1.40. The van der Waals surface area contributed by atoms with E-state index in [1.807, 2.05) is 21.6 Å². The zero-order chi connectivity index (χ0) is 19.3. The van der Waals surface area contributed by atoms with Crippen molar-refractivity contribution in [3.8, 4) is 0 Å². The predicted molar refractivity (Wildman–Crippen MR) is 104 cm³/mol. The van der Waals surface area contributed by atoms with Crippen LogP contribution < -0.4 is 11.1 Å². The number of carbonyl (C=O) groups is 1. The van der Waals surface area contributed by atoms with Gasteiger partial charge < -0.3 is 9.47 Å². The molecule has 1 saturated heterocycles. The van der Waals surface area contributed by atoms with E-state index in [9.17, 15) is 14.4 Å². The van der Waals surface area contributed by atoms with Crippen LogP contribution in [-0.4, -0.2) is 38.0 Å². The number of pyridine rings is 1. The molecule has 0 radical (unpaired) electrons. The number of nitrogens with zero attached hydrogens (tertiary/aromatic N) is 4. The van der Waals surface area contributed by atoms with E-state index >= 15 is 0 Å². The van der Waals surface area contributed by atoms with Gasteiger partial charge in [0.05, 0.1) is 17.2 Å². The molecule has 0 saturated carbocycles. The van der Waals surface area contributed by atoms with Crippen molar-refractivity contribution >= 4 is 16.8 Å². The van der Waals surface area contributed by atoms with Crippen LogP contribution in [0.5, 0.6) is 0 Å². The molecular formula is C21H20N4O3. The highest BCUT2D eigenvalue weighted by Crippen LogP contribution is 2.34. The van der Waals surface area contributed by atoms with Crippen LogP contribution in [0.1, 0.15) is 18.0 Å². The Morgan fingerprint density at radius 2 is 1.89 bits per heavy atom. The second kappa shape index (κ2) is 6.44. The average Bonchev–Trinajstić information content (AvgIpc) is 2.71. The number of fused-ring (bicyclic) bond motifs is 5. The molecule has 5 rings (SSSR count). The van der Waals surface area contributed by atoms with Crippen molar-refractivity contribution in [2.24, 2.45) is 5.92 Å². The standard InChI is InChI=1S/C21H20N4O3/c26-19-7-3-6-18-15-8-14(10-25(18)19)9-23(11-15)20(27)12-24-13-22-17-5-2-1-4-16(17)21(24)28/h1-7,13-15H,8-12H2/t14-,15?/m1/s1. The summed E-state index contributed by atoms with van der Waals surface area (Å²) in [6, 6.07) is 12.5. The minimum absolute atomic E-state index is 0.0162. The van der Waals surface area contributed by atoms with E-state index in [1.54, 1.807) is 30.3 Å². The number of carbonyl (C=O) groups excluding carboxylic acids is 1. The zero-order valence-corrected chi connectivity index (χ0v) is 15.3. The van der Waals surface area contributed by atoms with Gasteiger partial charge in [0, 0.05) is 37.3 Å². The minimum Gasteiger partial charge on any atom is -0.340 e. The molecule has 7 nitrogen and oxygen atoms in total. The number of benzene rings is 1. The number of amides is 1. The lowest BCUT2D eigenvalue weighted by Crippen LogP contribution is -2.50. The van der Waals surface area contributed by atoms with Crippen molar-refractivity contribution in [3.05, 3.63) is 75.2 Å². The summed E-state index contributed by atoms with van der Waals surface area (Å²) in [6.45, 7) is 1.82. The molecule has 28 heavy (non-hydrogen) atoms. The van der Waals surface area contributed by atoms with E-state index in [0.717, 1.165) is 12.1 Å². The number of piperidine rings is 1. The van der Waals surface area contributed by atoms with Crippen LogP contribution in [0.4, 0.5) is 0 Å². The quantitative estimate of drug-likeness (QED) is 0.674. The molecule has 1 fully saturated rings. The van der Waals surface area contributed by atoms with Crippen LogP contribution in [0.25, 0.3) is 10.9 Å². The van der Waals surface area contributed by atoms with Gasteiger partial charge in [-0.05, 0) is 30.5 Å². The fraction of sp³-hybridized carbons (Fsp3) is 0.333. The topological polar surface area (TPSA) is 77.2 Å². The average molecular weight is 376 g/mol. The molecule has 0 N–H and O–H groups in total. The Morgan fingerprint density at radius 1 is 1.04 bits per heavy atom. The third kappa shape index (κ3) is 2.74. The number of hydrogen-bond donors (Lipinski definition) is 0. The van der Waals surface area contributed by atoms with Crippen LogP contribution in [0.15, 0.2) is 58.4 Å². The summed E-state index contributed by atoms with van der Waals surface area (Å²) in [5.41, 5.74) is 1.46. The van der Waals surface area contributed by atoms with Gasteiger partial charge in [-0.3, -0.25) is 19.0 Å². The van der Waals surface area contributed by atoms with E-state index < -0.39 is 0 Å². The molecule has 7 heteroatoms. The Morgan fingerprint density at radius 3 is 2.79 bits per heavy atom. The van der Waals surface area contributed by atoms with Crippen LogP contribution in [0.3, 0.4) is 0 Å². The van der Waals surface area contributed by atoms with Gasteiger partial charge in [0.25, 0.3) is 11.1 Å². The van der Waals surface area contributed by atoms with Crippen LogP contribution in [0.2, 0.25) is 0 Å². The largest absolute Gasteiger partial charge is 0.340 e. The van der Waals surface area contributed by atoms with Crippen molar-refractivity contribution < 1.29 is 4.79 Å². The van der Waals surface area contributed by atoms with Crippen LogP contribution in [-0.2, 0) is 17.9 Å². The molecule has 2 atom stereocenters. The molecule has 0 spiro atoms. The molecule has 4 heterocycles. The van der Waals surface area contributed by atoms with Gasteiger partial charge in [0.2, 0.25) is 5.91 Å².